The Morgan fingerprint density at radius 3 is 2.33 bits per heavy atom. The summed E-state index contributed by atoms with van der Waals surface area (Å²) in [7, 11) is 0. The lowest BCUT2D eigenvalue weighted by Gasteiger charge is -1.81. The second-order valence-corrected chi connectivity index (χ2v) is 3.57. The van der Waals surface area contributed by atoms with Gasteiger partial charge in [0, 0.05) is 0 Å². The van der Waals surface area contributed by atoms with E-state index < -0.39 is 0 Å². The minimum absolute atomic E-state index is 0.0231. The zero-order valence-corrected chi connectivity index (χ0v) is 7.78. The fourth-order valence-corrected chi connectivity index (χ4v) is 1.35. The van der Waals surface area contributed by atoms with Crippen LogP contribution in [-0.4, -0.2) is 16.0 Å². The molecule has 2 rings (SSSR count). The van der Waals surface area contributed by atoms with Gasteiger partial charge < -0.3 is 9.73 Å². The first-order valence-electron chi connectivity index (χ1n) is 3.23. The topological polar surface area (TPSA) is 42.2 Å². The second kappa shape index (κ2) is 4.95. The van der Waals surface area contributed by atoms with Gasteiger partial charge in [-0.2, -0.15) is 0 Å². The first kappa shape index (κ1) is 9.28. The Morgan fingerprint density at radius 2 is 2.17 bits per heavy atom. The fraction of sp³-hybridized carbons (Fsp3) is 0.143. The van der Waals surface area contributed by atoms with Gasteiger partial charge in [0.1, 0.15) is 4.32 Å². The number of hydrogen-bond donors (Lipinski definition) is 1. The third-order valence-electron chi connectivity index (χ3n) is 1.00. The summed E-state index contributed by atoms with van der Waals surface area (Å²) in [5, 5.41) is 2.47. The van der Waals surface area contributed by atoms with Gasteiger partial charge >= 0.3 is 0 Å². The molecule has 1 aliphatic heterocycles. The summed E-state index contributed by atoms with van der Waals surface area (Å²) in [6.07, 6.45) is 3.25. The van der Waals surface area contributed by atoms with Crippen LogP contribution in [0, 0.1) is 0 Å². The van der Waals surface area contributed by atoms with E-state index in [1.54, 1.807) is 12.5 Å². The van der Waals surface area contributed by atoms with Crippen molar-refractivity contribution in [1.82, 2.24) is 5.32 Å². The predicted molar refractivity (Wildman–Crippen MR) is 51.9 cm³/mol. The first-order chi connectivity index (χ1) is 5.79. The summed E-state index contributed by atoms with van der Waals surface area (Å²) < 4.78 is 5.19. The molecule has 1 aliphatic rings. The summed E-state index contributed by atoms with van der Waals surface area (Å²) >= 11 is 6.00. The van der Waals surface area contributed by atoms with Crippen LogP contribution < -0.4 is 5.32 Å². The maximum atomic E-state index is 10.2. The third-order valence-corrected chi connectivity index (χ3v) is 2.23. The molecule has 0 aromatic carbocycles. The molecule has 1 aromatic rings. The number of furan rings is 1. The highest BCUT2D eigenvalue weighted by Gasteiger charge is 2.13. The van der Waals surface area contributed by atoms with Crippen molar-refractivity contribution in [2.45, 2.75) is 0 Å². The van der Waals surface area contributed by atoms with Gasteiger partial charge in [0.2, 0.25) is 5.91 Å². The third kappa shape index (κ3) is 3.54. The fourth-order valence-electron chi connectivity index (χ4n) is 0.544. The first-order valence-corrected chi connectivity index (χ1v) is 4.62. The van der Waals surface area contributed by atoms with E-state index >= 15 is 0 Å². The number of nitrogens with one attached hydrogen (secondary N) is 1. The molecular weight excluding hydrogens is 194 g/mol. The van der Waals surface area contributed by atoms with Gasteiger partial charge in [0.25, 0.3) is 0 Å². The summed E-state index contributed by atoms with van der Waals surface area (Å²) in [5.41, 5.74) is 0. The van der Waals surface area contributed by atoms with Crippen LogP contribution in [0.4, 0.5) is 0 Å². The number of rotatable bonds is 0. The predicted octanol–water partition coefficient (Wildman–Crippen LogP) is 1.41. The number of thioether (sulfide) groups is 1. The molecule has 0 spiro atoms. The maximum absolute atomic E-state index is 10.2. The summed E-state index contributed by atoms with van der Waals surface area (Å²) in [6.45, 7) is 0. The molecule has 0 unspecified atom stereocenters. The van der Waals surface area contributed by atoms with Crippen molar-refractivity contribution in [2.75, 3.05) is 5.75 Å². The lowest BCUT2D eigenvalue weighted by atomic mass is 10.7. The Kier molecular flexibility index (Phi) is 3.83. The van der Waals surface area contributed by atoms with Gasteiger partial charge in [-0.1, -0.05) is 24.0 Å². The largest absolute Gasteiger partial charge is 0.473 e. The number of carbonyl (C=O) groups is 1. The molecule has 0 atom stereocenters. The maximum Gasteiger partial charge on any atom is 0.235 e. The number of carbonyl (C=O) groups excluding carboxylic acids is 1. The van der Waals surface area contributed by atoms with E-state index in [-0.39, 0.29) is 5.91 Å². The molecule has 0 bridgehead atoms. The zero-order valence-electron chi connectivity index (χ0n) is 6.15. The van der Waals surface area contributed by atoms with Crippen LogP contribution in [0.3, 0.4) is 0 Å². The zero-order chi connectivity index (χ0) is 8.81. The van der Waals surface area contributed by atoms with Gasteiger partial charge in [0.05, 0.1) is 18.3 Å². The van der Waals surface area contributed by atoms with Crippen LogP contribution >= 0.6 is 24.0 Å². The summed E-state index contributed by atoms with van der Waals surface area (Å²) in [5.74, 6) is 0.522. The van der Waals surface area contributed by atoms with Crippen LogP contribution in [0.25, 0.3) is 0 Å². The Morgan fingerprint density at radius 1 is 1.50 bits per heavy atom. The molecule has 1 N–H and O–H groups in total. The number of hydrogen-bond acceptors (Lipinski definition) is 4. The number of thiocarbonyl (C=S) groups is 1. The van der Waals surface area contributed by atoms with Crippen molar-refractivity contribution in [2.24, 2.45) is 0 Å². The molecule has 0 saturated carbocycles. The quantitative estimate of drug-likeness (QED) is 0.644. The Hall–Kier alpha value is -0.810. The smallest absolute Gasteiger partial charge is 0.235 e. The van der Waals surface area contributed by atoms with Crippen LogP contribution in [-0.2, 0) is 4.79 Å². The monoisotopic (exact) mass is 201 g/mol. The lowest BCUT2D eigenvalue weighted by Crippen LogP contribution is -2.18. The normalized spacial score (nSPS) is 15.0. The summed E-state index contributed by atoms with van der Waals surface area (Å²) in [4.78, 5) is 10.2. The molecule has 1 amide bonds. The molecule has 1 aromatic heterocycles. The molecule has 1 saturated heterocycles. The van der Waals surface area contributed by atoms with Crippen molar-refractivity contribution in [3.63, 3.8) is 0 Å². The van der Waals surface area contributed by atoms with Crippen molar-refractivity contribution >= 4 is 34.2 Å². The average Bonchev–Trinajstić information content (AvgIpc) is 2.63. The molecule has 0 radical (unpaired) electrons. The Bertz CT molecular complexity index is 227. The molecule has 0 aliphatic carbocycles. The van der Waals surface area contributed by atoms with Crippen LogP contribution in [0.1, 0.15) is 0 Å². The van der Waals surface area contributed by atoms with E-state index in [2.05, 4.69) is 22.0 Å². The van der Waals surface area contributed by atoms with E-state index in [4.69, 9.17) is 0 Å². The van der Waals surface area contributed by atoms with Gasteiger partial charge in [-0.3, -0.25) is 4.79 Å². The van der Waals surface area contributed by atoms with Crippen LogP contribution in [0.5, 0.6) is 0 Å². The van der Waals surface area contributed by atoms with Crippen molar-refractivity contribution in [3.05, 3.63) is 24.7 Å². The molecule has 5 heteroatoms. The van der Waals surface area contributed by atoms with E-state index in [1.165, 1.54) is 11.8 Å². The van der Waals surface area contributed by atoms with Gasteiger partial charge in [0.15, 0.2) is 0 Å². The minimum atomic E-state index is 0.0231. The average molecular weight is 201 g/mol. The van der Waals surface area contributed by atoms with Gasteiger partial charge in [-0.05, 0) is 12.1 Å². The van der Waals surface area contributed by atoms with Crippen LogP contribution in [0.15, 0.2) is 29.1 Å². The van der Waals surface area contributed by atoms with Gasteiger partial charge in [-0.15, -0.1) is 0 Å². The molecule has 64 valence electrons. The number of amides is 1. The Balaban J connectivity index is 0.000000127. The second-order valence-electron chi connectivity index (χ2n) is 1.92. The highest BCUT2D eigenvalue weighted by Crippen LogP contribution is 2.06. The molecule has 1 fully saturated rings. The van der Waals surface area contributed by atoms with E-state index in [0.29, 0.717) is 10.1 Å². The van der Waals surface area contributed by atoms with Crippen LogP contribution in [0.2, 0.25) is 0 Å². The van der Waals surface area contributed by atoms with Crippen molar-refractivity contribution < 1.29 is 9.21 Å². The lowest BCUT2D eigenvalue weighted by molar-refractivity contribution is -0.116. The highest BCUT2D eigenvalue weighted by atomic mass is 32.2. The van der Waals surface area contributed by atoms with Gasteiger partial charge in [-0.25, -0.2) is 0 Å². The van der Waals surface area contributed by atoms with E-state index in [0.717, 1.165) is 0 Å². The van der Waals surface area contributed by atoms with Crippen molar-refractivity contribution in [1.29, 1.82) is 0 Å². The van der Waals surface area contributed by atoms with E-state index in [1.807, 2.05) is 12.1 Å². The van der Waals surface area contributed by atoms with E-state index in [9.17, 15) is 4.79 Å². The standard InChI is InChI=1S/C4H4O.C3H3NOS2/c1-2-4-5-3-1;5-2-1-7-3(6)4-2/h1-4H;1H2,(H,4,5,6). The summed E-state index contributed by atoms with van der Waals surface area (Å²) in [6, 6.07) is 3.67. The molecule has 3 nitrogen and oxygen atoms in total. The minimum Gasteiger partial charge on any atom is -0.473 e. The highest BCUT2D eigenvalue weighted by molar-refractivity contribution is 8.24. The van der Waals surface area contributed by atoms with Crippen molar-refractivity contribution in [3.8, 4) is 0 Å². The molecule has 12 heavy (non-hydrogen) atoms. The molecular formula is C7H7NO2S2. The Labute approximate surface area is 79.5 Å². The molecule has 2 heterocycles. The SMILES string of the molecule is O=C1CSC(=S)N1.c1ccoc1.